The molecule has 0 aliphatic rings. The molecule has 0 unspecified atom stereocenters. The largest absolute Gasteiger partial charge is 0.318 e. The monoisotopic (exact) mass is 386 g/mol. The van der Waals surface area contributed by atoms with E-state index in [1.165, 1.54) is 6.20 Å². The molecular formula is C19H16Cl2N4O. The molecule has 3 aromatic rings. The molecule has 132 valence electrons. The Balaban J connectivity index is 1.83. The fraction of sp³-hybridized carbons (Fsp3) is 0.105. The van der Waals surface area contributed by atoms with Crippen molar-refractivity contribution in [2.24, 2.45) is 5.10 Å². The van der Waals surface area contributed by atoms with Crippen LogP contribution in [0.25, 0.3) is 5.69 Å². The van der Waals surface area contributed by atoms with Gasteiger partial charge in [-0.1, -0.05) is 23.2 Å². The first-order valence-corrected chi connectivity index (χ1v) is 8.60. The van der Waals surface area contributed by atoms with E-state index >= 15 is 0 Å². The number of aromatic nitrogens is 2. The Labute approximate surface area is 161 Å². The molecular weight excluding hydrogens is 371 g/mol. The normalized spacial score (nSPS) is 11.1. The fourth-order valence-corrected chi connectivity index (χ4v) is 3.22. The Morgan fingerprint density at radius 3 is 2.58 bits per heavy atom. The lowest BCUT2D eigenvalue weighted by Crippen LogP contribution is -2.17. The van der Waals surface area contributed by atoms with Gasteiger partial charge in [0.05, 0.1) is 11.8 Å². The standard InChI is InChI=1S/C19H16Cl2N4O/c1-12-6-15(11-23-24-19(26)14-4-3-5-22-10-14)13(2)25(12)18-8-16(20)7-17(21)9-18/h3-11H,1-2H3,(H,24,26)/b23-11-. The lowest BCUT2D eigenvalue weighted by atomic mass is 10.2. The highest BCUT2D eigenvalue weighted by atomic mass is 35.5. The van der Waals surface area contributed by atoms with Gasteiger partial charge in [-0.25, -0.2) is 5.43 Å². The van der Waals surface area contributed by atoms with E-state index in [0.717, 1.165) is 22.6 Å². The van der Waals surface area contributed by atoms with Crippen LogP contribution in [0.2, 0.25) is 10.0 Å². The van der Waals surface area contributed by atoms with Gasteiger partial charge < -0.3 is 4.57 Å². The van der Waals surface area contributed by atoms with Gasteiger partial charge in [0.2, 0.25) is 0 Å². The molecule has 7 heteroatoms. The summed E-state index contributed by atoms with van der Waals surface area (Å²) in [6.07, 6.45) is 4.70. The van der Waals surface area contributed by atoms with E-state index in [9.17, 15) is 4.79 Å². The van der Waals surface area contributed by atoms with E-state index in [1.807, 2.05) is 36.6 Å². The minimum atomic E-state index is -0.315. The molecule has 0 aliphatic heterocycles. The van der Waals surface area contributed by atoms with Crippen molar-refractivity contribution >= 4 is 35.3 Å². The fourth-order valence-electron chi connectivity index (χ4n) is 2.71. The zero-order chi connectivity index (χ0) is 18.7. The molecule has 0 fully saturated rings. The van der Waals surface area contributed by atoms with Crippen molar-refractivity contribution < 1.29 is 4.79 Å². The molecule has 0 saturated carbocycles. The summed E-state index contributed by atoms with van der Waals surface area (Å²) in [5, 5.41) is 5.18. The van der Waals surface area contributed by atoms with E-state index in [4.69, 9.17) is 23.2 Å². The van der Waals surface area contributed by atoms with E-state index in [2.05, 4.69) is 15.5 Å². The van der Waals surface area contributed by atoms with Crippen LogP contribution in [0.1, 0.15) is 27.3 Å². The van der Waals surface area contributed by atoms with Crippen molar-refractivity contribution in [1.29, 1.82) is 0 Å². The van der Waals surface area contributed by atoms with Crippen molar-refractivity contribution in [2.75, 3.05) is 0 Å². The van der Waals surface area contributed by atoms with Gasteiger partial charge in [-0.15, -0.1) is 0 Å². The maximum atomic E-state index is 12.0. The number of aryl methyl sites for hydroxylation is 1. The molecule has 0 saturated heterocycles. The molecule has 0 radical (unpaired) electrons. The molecule has 1 amide bonds. The Morgan fingerprint density at radius 2 is 1.92 bits per heavy atom. The smallest absolute Gasteiger partial charge is 0.272 e. The Kier molecular flexibility index (Phi) is 5.40. The van der Waals surface area contributed by atoms with Crippen molar-refractivity contribution in [1.82, 2.24) is 15.0 Å². The number of carbonyl (C=O) groups excluding carboxylic acids is 1. The molecule has 3 rings (SSSR count). The van der Waals surface area contributed by atoms with Gasteiger partial charge in [0.25, 0.3) is 5.91 Å². The van der Waals surface area contributed by atoms with Crippen LogP contribution in [0.5, 0.6) is 0 Å². The van der Waals surface area contributed by atoms with Gasteiger partial charge in [0.15, 0.2) is 0 Å². The third-order valence-corrected chi connectivity index (χ3v) is 4.31. The number of pyridine rings is 1. The molecule has 0 atom stereocenters. The van der Waals surface area contributed by atoms with Gasteiger partial charge >= 0.3 is 0 Å². The highest BCUT2D eigenvalue weighted by Crippen LogP contribution is 2.25. The number of carbonyl (C=O) groups is 1. The summed E-state index contributed by atoms with van der Waals surface area (Å²) in [4.78, 5) is 15.9. The van der Waals surface area contributed by atoms with Crippen molar-refractivity contribution in [3.63, 3.8) is 0 Å². The zero-order valence-corrected chi connectivity index (χ0v) is 15.7. The summed E-state index contributed by atoms with van der Waals surface area (Å²) in [5.41, 5.74) is 6.66. The average molecular weight is 387 g/mol. The minimum absolute atomic E-state index is 0.315. The number of hydrazone groups is 1. The van der Waals surface area contributed by atoms with Crippen LogP contribution >= 0.6 is 23.2 Å². The second-order valence-electron chi connectivity index (χ2n) is 5.73. The average Bonchev–Trinajstić information content (AvgIpc) is 2.88. The van der Waals surface area contributed by atoms with Crippen molar-refractivity contribution in [3.8, 4) is 5.69 Å². The number of halogens is 2. The minimum Gasteiger partial charge on any atom is -0.318 e. The lowest BCUT2D eigenvalue weighted by Gasteiger charge is -2.10. The van der Waals surface area contributed by atoms with Crippen LogP contribution < -0.4 is 5.43 Å². The number of benzene rings is 1. The van der Waals surface area contributed by atoms with Gasteiger partial charge in [0, 0.05) is 45.1 Å². The number of nitrogens with zero attached hydrogens (tertiary/aromatic N) is 3. The van der Waals surface area contributed by atoms with Crippen molar-refractivity contribution in [3.05, 3.63) is 81.4 Å². The molecule has 26 heavy (non-hydrogen) atoms. The summed E-state index contributed by atoms with van der Waals surface area (Å²) in [6.45, 7) is 3.94. The summed E-state index contributed by atoms with van der Waals surface area (Å²) < 4.78 is 2.03. The molecule has 1 aromatic carbocycles. The van der Waals surface area contributed by atoms with Crippen LogP contribution in [0.3, 0.4) is 0 Å². The number of nitrogens with one attached hydrogen (secondary N) is 1. The molecule has 0 aliphatic carbocycles. The lowest BCUT2D eigenvalue weighted by molar-refractivity contribution is 0.0955. The van der Waals surface area contributed by atoms with Gasteiger partial charge in [0.1, 0.15) is 0 Å². The van der Waals surface area contributed by atoms with Crippen LogP contribution in [0.4, 0.5) is 0 Å². The number of rotatable bonds is 4. The number of hydrogen-bond acceptors (Lipinski definition) is 3. The summed E-state index contributed by atoms with van der Waals surface area (Å²) >= 11 is 12.2. The Morgan fingerprint density at radius 1 is 1.19 bits per heavy atom. The maximum absolute atomic E-state index is 12.0. The van der Waals surface area contributed by atoms with E-state index < -0.39 is 0 Å². The van der Waals surface area contributed by atoms with Crippen LogP contribution in [-0.4, -0.2) is 21.7 Å². The SMILES string of the molecule is Cc1cc(/C=N\NC(=O)c2cccnc2)c(C)n1-c1cc(Cl)cc(Cl)c1. The predicted octanol–water partition coefficient (Wildman–Crippen LogP) is 4.56. The van der Waals surface area contributed by atoms with E-state index in [0.29, 0.717) is 15.6 Å². The highest BCUT2D eigenvalue weighted by molar-refractivity contribution is 6.34. The van der Waals surface area contributed by atoms with Crippen molar-refractivity contribution in [2.45, 2.75) is 13.8 Å². The third kappa shape index (κ3) is 3.95. The van der Waals surface area contributed by atoms with E-state index in [1.54, 1.807) is 30.6 Å². The first-order chi connectivity index (χ1) is 12.5. The van der Waals surface area contributed by atoms with Crippen LogP contribution in [0, 0.1) is 13.8 Å². The number of amides is 1. The first kappa shape index (κ1) is 18.2. The van der Waals surface area contributed by atoms with Crippen LogP contribution in [0.15, 0.2) is 53.9 Å². The third-order valence-electron chi connectivity index (χ3n) is 3.87. The molecule has 1 N–H and O–H groups in total. The summed E-state index contributed by atoms with van der Waals surface area (Å²) in [5.74, 6) is -0.315. The molecule has 5 nitrogen and oxygen atoms in total. The maximum Gasteiger partial charge on any atom is 0.272 e. The highest BCUT2D eigenvalue weighted by Gasteiger charge is 2.11. The van der Waals surface area contributed by atoms with E-state index in [-0.39, 0.29) is 5.91 Å². The first-order valence-electron chi connectivity index (χ1n) is 7.84. The second-order valence-corrected chi connectivity index (χ2v) is 6.60. The molecule has 2 heterocycles. The zero-order valence-electron chi connectivity index (χ0n) is 14.2. The van der Waals surface area contributed by atoms with Crippen LogP contribution in [-0.2, 0) is 0 Å². The quantitative estimate of drug-likeness (QED) is 0.527. The molecule has 2 aromatic heterocycles. The Bertz CT molecular complexity index is 960. The van der Waals surface area contributed by atoms with Gasteiger partial charge in [-0.05, 0) is 50.2 Å². The molecule has 0 spiro atoms. The second kappa shape index (κ2) is 7.72. The van der Waals surface area contributed by atoms with Gasteiger partial charge in [-0.2, -0.15) is 5.10 Å². The summed E-state index contributed by atoms with van der Waals surface area (Å²) in [6, 6.07) is 10.7. The Hall–Kier alpha value is -2.63. The van der Waals surface area contributed by atoms with Gasteiger partial charge in [-0.3, -0.25) is 9.78 Å². The topological polar surface area (TPSA) is 59.3 Å². The molecule has 0 bridgehead atoms. The number of hydrogen-bond donors (Lipinski definition) is 1. The predicted molar refractivity (Wildman–Crippen MR) is 105 cm³/mol. The summed E-state index contributed by atoms with van der Waals surface area (Å²) in [7, 11) is 0.